The average Bonchev–Trinajstić information content (AvgIpc) is 2.18. The van der Waals surface area contributed by atoms with Crippen LogP contribution >= 0.6 is 15.9 Å². The Labute approximate surface area is 93.0 Å². The Bertz CT molecular complexity index is 314. The molecule has 1 aliphatic carbocycles. The largest absolute Gasteiger partial charge is 0.328 e. The van der Waals surface area contributed by atoms with E-state index >= 15 is 0 Å². The first-order valence-corrected chi connectivity index (χ1v) is 5.92. The summed E-state index contributed by atoms with van der Waals surface area (Å²) in [5.74, 6) is 0.599. The lowest BCUT2D eigenvalue weighted by Crippen LogP contribution is -2.27. The Morgan fingerprint density at radius 3 is 3.00 bits per heavy atom. The Morgan fingerprint density at radius 2 is 2.29 bits per heavy atom. The smallest absolute Gasteiger partial charge is 0.109 e. The fraction of sp³-hybridized carbons (Fsp3) is 0.545. The summed E-state index contributed by atoms with van der Waals surface area (Å²) in [5.41, 5.74) is 7.30. The summed E-state index contributed by atoms with van der Waals surface area (Å²) in [6.45, 7) is 0. The van der Waals surface area contributed by atoms with Crippen LogP contribution in [0.25, 0.3) is 0 Å². The van der Waals surface area contributed by atoms with Gasteiger partial charge in [-0.25, -0.2) is 4.98 Å². The van der Waals surface area contributed by atoms with E-state index in [1.165, 1.54) is 24.8 Å². The molecule has 0 bridgehead atoms. The van der Waals surface area contributed by atoms with E-state index in [0.29, 0.717) is 12.0 Å². The number of nitrogens with zero attached hydrogens (tertiary/aromatic N) is 1. The van der Waals surface area contributed by atoms with Crippen LogP contribution in [0.5, 0.6) is 0 Å². The van der Waals surface area contributed by atoms with Gasteiger partial charge in [0.1, 0.15) is 4.60 Å². The predicted octanol–water partition coefficient (Wildman–Crippen LogP) is 2.83. The van der Waals surface area contributed by atoms with Gasteiger partial charge in [-0.2, -0.15) is 0 Å². The molecule has 14 heavy (non-hydrogen) atoms. The number of nitrogens with two attached hydrogens (primary N) is 1. The van der Waals surface area contributed by atoms with Crippen LogP contribution in [0.15, 0.2) is 22.9 Å². The van der Waals surface area contributed by atoms with Crippen molar-refractivity contribution in [1.29, 1.82) is 0 Å². The maximum atomic E-state index is 5.98. The van der Waals surface area contributed by atoms with Crippen molar-refractivity contribution >= 4 is 15.9 Å². The molecule has 2 N–H and O–H groups in total. The lowest BCUT2D eigenvalue weighted by atomic mass is 9.82. The average molecular weight is 255 g/mol. The van der Waals surface area contributed by atoms with Gasteiger partial charge in [-0.15, -0.1) is 0 Å². The second-order valence-electron chi connectivity index (χ2n) is 4.01. The van der Waals surface area contributed by atoms with E-state index in [2.05, 4.69) is 27.0 Å². The standard InChI is InChI=1S/C11H15BrN2/c12-11-10(5-2-6-14-11)8-3-1-4-9(13)7-8/h2,5-6,8-9H,1,3-4,7,13H2. The third-order valence-corrected chi connectivity index (χ3v) is 3.61. The van der Waals surface area contributed by atoms with Crippen molar-refractivity contribution in [2.75, 3.05) is 0 Å². The molecule has 0 spiro atoms. The van der Waals surface area contributed by atoms with E-state index in [-0.39, 0.29) is 0 Å². The van der Waals surface area contributed by atoms with Gasteiger partial charge in [0.25, 0.3) is 0 Å². The quantitative estimate of drug-likeness (QED) is 0.783. The molecule has 0 aliphatic heterocycles. The number of hydrogen-bond donors (Lipinski definition) is 1. The van der Waals surface area contributed by atoms with Gasteiger partial charge in [0, 0.05) is 12.2 Å². The molecule has 1 aliphatic rings. The Morgan fingerprint density at radius 1 is 1.43 bits per heavy atom. The van der Waals surface area contributed by atoms with Crippen molar-refractivity contribution in [3.05, 3.63) is 28.5 Å². The minimum absolute atomic E-state index is 0.376. The van der Waals surface area contributed by atoms with Crippen LogP contribution < -0.4 is 5.73 Å². The van der Waals surface area contributed by atoms with Crippen molar-refractivity contribution in [1.82, 2.24) is 4.98 Å². The molecule has 0 amide bonds. The summed E-state index contributed by atoms with van der Waals surface area (Å²) in [6.07, 6.45) is 6.58. The molecule has 3 heteroatoms. The third-order valence-electron chi connectivity index (χ3n) is 2.94. The molecule has 1 aromatic heterocycles. The summed E-state index contributed by atoms with van der Waals surface area (Å²) in [6, 6.07) is 4.53. The van der Waals surface area contributed by atoms with Crippen LogP contribution in [0.1, 0.15) is 37.2 Å². The maximum Gasteiger partial charge on any atom is 0.109 e. The Balaban J connectivity index is 2.18. The number of halogens is 1. The molecule has 0 saturated heterocycles. The predicted molar refractivity (Wildman–Crippen MR) is 61.1 cm³/mol. The van der Waals surface area contributed by atoms with Crippen LogP contribution in [-0.4, -0.2) is 11.0 Å². The van der Waals surface area contributed by atoms with Gasteiger partial charge < -0.3 is 5.73 Å². The number of hydrogen-bond acceptors (Lipinski definition) is 2. The molecule has 2 unspecified atom stereocenters. The Kier molecular flexibility index (Phi) is 3.19. The van der Waals surface area contributed by atoms with E-state index in [1.807, 2.05) is 12.3 Å². The highest BCUT2D eigenvalue weighted by Crippen LogP contribution is 2.34. The summed E-state index contributed by atoms with van der Waals surface area (Å²) in [5, 5.41) is 0. The van der Waals surface area contributed by atoms with E-state index < -0.39 is 0 Å². The molecule has 1 saturated carbocycles. The van der Waals surface area contributed by atoms with Gasteiger partial charge in [0.05, 0.1) is 0 Å². The highest BCUT2D eigenvalue weighted by atomic mass is 79.9. The molecule has 2 nitrogen and oxygen atoms in total. The first-order chi connectivity index (χ1) is 6.77. The molecule has 1 aromatic rings. The summed E-state index contributed by atoms with van der Waals surface area (Å²) in [4.78, 5) is 4.26. The summed E-state index contributed by atoms with van der Waals surface area (Å²) in [7, 11) is 0. The monoisotopic (exact) mass is 254 g/mol. The zero-order chi connectivity index (χ0) is 9.97. The van der Waals surface area contributed by atoms with Crippen LogP contribution in [0.4, 0.5) is 0 Å². The molecular weight excluding hydrogens is 240 g/mol. The van der Waals surface area contributed by atoms with Gasteiger partial charge in [-0.3, -0.25) is 0 Å². The van der Waals surface area contributed by atoms with E-state index in [0.717, 1.165) is 11.0 Å². The lowest BCUT2D eigenvalue weighted by Gasteiger charge is -2.27. The van der Waals surface area contributed by atoms with Crippen LogP contribution in [0, 0.1) is 0 Å². The van der Waals surface area contributed by atoms with E-state index in [9.17, 15) is 0 Å². The van der Waals surface area contributed by atoms with Crippen molar-refractivity contribution in [3.63, 3.8) is 0 Å². The summed E-state index contributed by atoms with van der Waals surface area (Å²) >= 11 is 3.50. The second-order valence-corrected chi connectivity index (χ2v) is 4.76. The molecule has 1 fully saturated rings. The third kappa shape index (κ3) is 2.15. The molecule has 76 valence electrons. The first kappa shape index (κ1) is 10.1. The normalized spacial score (nSPS) is 27.6. The topological polar surface area (TPSA) is 38.9 Å². The van der Waals surface area contributed by atoms with Gasteiger partial charge >= 0.3 is 0 Å². The number of pyridine rings is 1. The van der Waals surface area contributed by atoms with E-state index in [1.54, 1.807) is 0 Å². The molecular formula is C11H15BrN2. The lowest BCUT2D eigenvalue weighted by molar-refractivity contribution is 0.392. The minimum Gasteiger partial charge on any atom is -0.328 e. The van der Waals surface area contributed by atoms with Crippen LogP contribution in [0.2, 0.25) is 0 Å². The summed E-state index contributed by atoms with van der Waals surface area (Å²) < 4.78 is 0.985. The van der Waals surface area contributed by atoms with Crippen molar-refractivity contribution < 1.29 is 0 Å². The molecule has 0 aromatic carbocycles. The van der Waals surface area contributed by atoms with Gasteiger partial charge in [0.2, 0.25) is 0 Å². The fourth-order valence-corrected chi connectivity index (χ4v) is 2.79. The van der Waals surface area contributed by atoms with Gasteiger partial charge in [-0.1, -0.05) is 12.5 Å². The van der Waals surface area contributed by atoms with Crippen LogP contribution in [-0.2, 0) is 0 Å². The second kappa shape index (κ2) is 4.41. The van der Waals surface area contributed by atoms with Gasteiger partial charge in [-0.05, 0) is 52.7 Å². The molecule has 0 radical (unpaired) electrons. The molecule has 1 heterocycles. The number of aromatic nitrogens is 1. The van der Waals surface area contributed by atoms with Crippen LogP contribution in [0.3, 0.4) is 0 Å². The zero-order valence-corrected chi connectivity index (χ0v) is 9.70. The minimum atomic E-state index is 0.376. The highest BCUT2D eigenvalue weighted by molar-refractivity contribution is 9.10. The maximum absolute atomic E-state index is 5.98. The molecule has 2 rings (SSSR count). The zero-order valence-electron chi connectivity index (χ0n) is 8.12. The van der Waals surface area contributed by atoms with Crippen molar-refractivity contribution in [2.45, 2.75) is 37.6 Å². The fourth-order valence-electron chi connectivity index (χ4n) is 2.21. The van der Waals surface area contributed by atoms with E-state index in [4.69, 9.17) is 5.73 Å². The Hall–Kier alpha value is -0.410. The first-order valence-electron chi connectivity index (χ1n) is 5.13. The molecule has 2 atom stereocenters. The van der Waals surface area contributed by atoms with Gasteiger partial charge in [0.15, 0.2) is 0 Å². The number of rotatable bonds is 1. The van der Waals surface area contributed by atoms with Crippen molar-refractivity contribution in [2.24, 2.45) is 5.73 Å². The highest BCUT2D eigenvalue weighted by Gasteiger charge is 2.22. The van der Waals surface area contributed by atoms with Crippen molar-refractivity contribution in [3.8, 4) is 0 Å². The SMILES string of the molecule is NC1CCCC(c2cccnc2Br)C1.